The number of anilines is 2. The topological polar surface area (TPSA) is 134 Å². The van der Waals surface area contributed by atoms with Crippen LogP contribution in [-0.4, -0.2) is 36.4 Å². The number of ketones is 1. The summed E-state index contributed by atoms with van der Waals surface area (Å²) in [7, 11) is 0. The number of nitrogens with one attached hydrogen (secondary N) is 3. The lowest BCUT2D eigenvalue weighted by Crippen LogP contribution is -2.07. The summed E-state index contributed by atoms with van der Waals surface area (Å²) in [6.07, 6.45) is 1.46. The summed E-state index contributed by atoms with van der Waals surface area (Å²) >= 11 is 0. The highest BCUT2D eigenvalue weighted by Crippen LogP contribution is 2.24. The zero-order valence-corrected chi connectivity index (χ0v) is 15.9. The van der Waals surface area contributed by atoms with E-state index in [0.717, 1.165) is 10.9 Å². The summed E-state index contributed by atoms with van der Waals surface area (Å²) in [4.78, 5) is 34.7. The van der Waals surface area contributed by atoms with Gasteiger partial charge in [-0.05, 0) is 30.3 Å². The van der Waals surface area contributed by atoms with Crippen molar-refractivity contribution in [2.45, 2.75) is 6.92 Å². The van der Waals surface area contributed by atoms with E-state index in [0.29, 0.717) is 33.9 Å². The number of nitrogen functional groups attached to an aromatic ring is 1. The second-order valence-corrected chi connectivity index (χ2v) is 6.92. The lowest BCUT2D eigenvalue weighted by Gasteiger charge is -2.05. The van der Waals surface area contributed by atoms with Crippen molar-refractivity contribution in [1.29, 1.82) is 0 Å². The molecule has 3 aromatic heterocycles. The molecule has 0 saturated heterocycles. The molecule has 5 N–H and O–H groups in total. The van der Waals surface area contributed by atoms with E-state index >= 15 is 0 Å². The minimum atomic E-state index is -0.231. The molecule has 0 bridgehead atoms. The number of carbonyl (C=O) groups excluding carboxylic acids is 2. The summed E-state index contributed by atoms with van der Waals surface area (Å²) in [6, 6.07) is 14.8. The van der Waals surface area contributed by atoms with Crippen LogP contribution in [0.3, 0.4) is 0 Å². The Morgan fingerprint density at radius 1 is 1.07 bits per heavy atom. The maximum atomic E-state index is 13.0. The van der Waals surface area contributed by atoms with Crippen LogP contribution in [0.15, 0.2) is 54.7 Å². The van der Waals surface area contributed by atoms with Crippen LogP contribution in [0.1, 0.15) is 23.0 Å². The van der Waals surface area contributed by atoms with Gasteiger partial charge in [0.2, 0.25) is 17.6 Å². The van der Waals surface area contributed by atoms with Gasteiger partial charge in [0.1, 0.15) is 5.82 Å². The van der Waals surface area contributed by atoms with Gasteiger partial charge in [-0.15, -0.1) is 0 Å². The molecule has 0 atom stereocenters. The first-order chi connectivity index (χ1) is 14.5. The van der Waals surface area contributed by atoms with E-state index < -0.39 is 0 Å². The van der Waals surface area contributed by atoms with Gasteiger partial charge < -0.3 is 15.7 Å². The number of imidazole rings is 1. The van der Waals surface area contributed by atoms with E-state index in [2.05, 4.69) is 25.4 Å². The smallest absolute Gasteiger partial charge is 0.223 e. The quantitative estimate of drug-likeness (QED) is 0.345. The molecule has 9 nitrogen and oxygen atoms in total. The summed E-state index contributed by atoms with van der Waals surface area (Å²) in [5, 5.41) is 7.86. The average Bonchev–Trinajstić information content (AvgIpc) is 3.42. The van der Waals surface area contributed by atoms with E-state index in [9.17, 15) is 9.59 Å². The van der Waals surface area contributed by atoms with Crippen LogP contribution in [0, 0.1) is 0 Å². The normalized spacial score (nSPS) is 11.2. The van der Waals surface area contributed by atoms with Crippen LogP contribution in [-0.2, 0) is 4.79 Å². The van der Waals surface area contributed by atoms with Gasteiger partial charge in [0, 0.05) is 17.8 Å². The molecule has 3 heterocycles. The fourth-order valence-corrected chi connectivity index (χ4v) is 3.43. The number of nitrogens with two attached hydrogens (primary N) is 1. The van der Waals surface area contributed by atoms with Gasteiger partial charge in [-0.2, -0.15) is 5.10 Å². The summed E-state index contributed by atoms with van der Waals surface area (Å²) in [6.45, 7) is 1.41. The highest BCUT2D eigenvalue weighted by Gasteiger charge is 2.20. The second-order valence-electron chi connectivity index (χ2n) is 6.92. The Balaban J connectivity index is 1.50. The number of hydrogen-bond donors (Lipinski definition) is 4. The second kappa shape index (κ2) is 6.59. The maximum Gasteiger partial charge on any atom is 0.223 e. The molecule has 5 rings (SSSR count). The zero-order valence-electron chi connectivity index (χ0n) is 15.9. The monoisotopic (exact) mass is 399 g/mol. The van der Waals surface area contributed by atoms with E-state index in [4.69, 9.17) is 5.73 Å². The Kier molecular flexibility index (Phi) is 3.88. The summed E-state index contributed by atoms with van der Waals surface area (Å²) in [5.74, 6) is 0.147. The molecule has 0 aliphatic heterocycles. The van der Waals surface area contributed by atoms with Crippen molar-refractivity contribution >= 4 is 45.4 Å². The number of H-pyrrole nitrogens is 2. The number of aromatic amines is 2. The molecular weight excluding hydrogens is 382 g/mol. The molecule has 0 aliphatic carbocycles. The van der Waals surface area contributed by atoms with Crippen molar-refractivity contribution in [1.82, 2.24) is 24.7 Å². The molecule has 0 radical (unpaired) electrons. The highest BCUT2D eigenvalue weighted by atomic mass is 16.1. The third-order valence-corrected chi connectivity index (χ3v) is 4.83. The predicted octanol–water partition coefficient (Wildman–Crippen LogP) is 3.00. The highest BCUT2D eigenvalue weighted by molar-refractivity contribution is 6.12. The van der Waals surface area contributed by atoms with Crippen LogP contribution in [0.4, 0.5) is 11.8 Å². The molecular formula is C21H17N7O2. The number of amides is 1. The maximum absolute atomic E-state index is 13.0. The largest absolute Gasteiger partial charge is 0.383 e. The molecule has 0 fully saturated rings. The van der Waals surface area contributed by atoms with E-state index in [1.54, 1.807) is 24.3 Å². The molecule has 30 heavy (non-hydrogen) atoms. The van der Waals surface area contributed by atoms with Gasteiger partial charge in [-0.25, -0.2) is 9.67 Å². The van der Waals surface area contributed by atoms with Crippen LogP contribution in [0.2, 0.25) is 0 Å². The number of aromatic nitrogens is 5. The Morgan fingerprint density at radius 3 is 2.70 bits per heavy atom. The van der Waals surface area contributed by atoms with Gasteiger partial charge in [-0.3, -0.25) is 14.9 Å². The number of para-hydroxylation sites is 1. The number of rotatable bonds is 4. The molecule has 9 heteroatoms. The third-order valence-electron chi connectivity index (χ3n) is 4.83. The zero-order chi connectivity index (χ0) is 20.8. The number of fused-ring (bicyclic) bond motifs is 2. The third kappa shape index (κ3) is 2.89. The first-order valence-corrected chi connectivity index (χ1v) is 9.23. The Bertz CT molecular complexity index is 1410. The Labute approximate surface area is 169 Å². The summed E-state index contributed by atoms with van der Waals surface area (Å²) in [5.41, 5.74) is 9.95. The minimum Gasteiger partial charge on any atom is -0.383 e. The Morgan fingerprint density at radius 2 is 1.90 bits per heavy atom. The van der Waals surface area contributed by atoms with Crippen molar-refractivity contribution in [3.05, 3.63) is 66.0 Å². The van der Waals surface area contributed by atoms with Crippen molar-refractivity contribution in [3.63, 3.8) is 0 Å². The molecule has 0 saturated carbocycles. The average molecular weight is 399 g/mol. The SMILES string of the molecule is CC(=O)Nc1nc2ccc(-n3ncc(C(=O)c4cc5ccccc5[nH]4)c3N)cc2[nH]1. The van der Waals surface area contributed by atoms with E-state index in [1.807, 2.05) is 24.3 Å². The van der Waals surface area contributed by atoms with E-state index in [-0.39, 0.29) is 17.5 Å². The predicted molar refractivity (Wildman–Crippen MR) is 114 cm³/mol. The molecule has 0 spiro atoms. The first-order valence-electron chi connectivity index (χ1n) is 9.23. The lowest BCUT2D eigenvalue weighted by molar-refractivity contribution is -0.114. The van der Waals surface area contributed by atoms with Gasteiger partial charge in [0.25, 0.3) is 0 Å². The number of carbonyl (C=O) groups is 2. The van der Waals surface area contributed by atoms with Gasteiger partial charge in [0.15, 0.2) is 0 Å². The van der Waals surface area contributed by atoms with Gasteiger partial charge in [0.05, 0.1) is 34.2 Å². The Hall–Kier alpha value is -4.40. The molecule has 0 unspecified atom stereocenters. The molecule has 148 valence electrons. The number of hydrogen-bond acceptors (Lipinski definition) is 5. The fraction of sp³-hybridized carbons (Fsp3) is 0.0476. The molecule has 2 aromatic carbocycles. The van der Waals surface area contributed by atoms with Crippen LogP contribution in [0.5, 0.6) is 0 Å². The van der Waals surface area contributed by atoms with E-state index in [1.165, 1.54) is 17.8 Å². The fourth-order valence-electron chi connectivity index (χ4n) is 3.43. The van der Waals surface area contributed by atoms with Crippen LogP contribution < -0.4 is 11.1 Å². The number of nitrogens with zero attached hydrogens (tertiary/aromatic N) is 3. The lowest BCUT2D eigenvalue weighted by atomic mass is 10.1. The number of benzene rings is 2. The summed E-state index contributed by atoms with van der Waals surface area (Å²) < 4.78 is 1.49. The molecule has 5 aromatic rings. The van der Waals surface area contributed by atoms with Crippen molar-refractivity contribution < 1.29 is 9.59 Å². The van der Waals surface area contributed by atoms with Gasteiger partial charge in [-0.1, -0.05) is 18.2 Å². The van der Waals surface area contributed by atoms with Crippen LogP contribution >= 0.6 is 0 Å². The van der Waals surface area contributed by atoms with Gasteiger partial charge >= 0.3 is 0 Å². The standard InChI is InChI=1S/C21H17N7O2/c1-11(29)24-21-26-16-7-6-13(9-17(16)27-21)28-20(22)14(10-23-28)19(30)18-8-12-4-2-3-5-15(12)25-18/h2-10,25H,22H2,1H3,(H2,24,26,27,29). The minimum absolute atomic E-state index is 0.217. The molecule has 0 aliphatic rings. The van der Waals surface area contributed by atoms with Crippen LogP contribution in [0.25, 0.3) is 27.6 Å². The van der Waals surface area contributed by atoms with Crippen molar-refractivity contribution in [2.24, 2.45) is 0 Å². The van der Waals surface area contributed by atoms with Crippen molar-refractivity contribution in [2.75, 3.05) is 11.1 Å². The first kappa shape index (κ1) is 17.7. The molecule has 1 amide bonds. The van der Waals surface area contributed by atoms with Crippen molar-refractivity contribution in [3.8, 4) is 5.69 Å².